The Morgan fingerprint density at radius 2 is 1.85 bits per heavy atom. The number of carbonyl (C=O) groups is 2. The summed E-state index contributed by atoms with van der Waals surface area (Å²) in [5, 5.41) is 0. The quantitative estimate of drug-likeness (QED) is 0.340. The maximum atomic E-state index is 12.6. The van der Waals surface area contributed by atoms with Crippen LogP contribution in [0.3, 0.4) is 0 Å². The van der Waals surface area contributed by atoms with Gasteiger partial charge in [-0.3, -0.25) is 9.59 Å². The van der Waals surface area contributed by atoms with Crippen molar-refractivity contribution in [1.82, 2.24) is 9.80 Å². The van der Waals surface area contributed by atoms with Crippen LogP contribution in [-0.4, -0.2) is 61.0 Å². The van der Waals surface area contributed by atoms with E-state index >= 15 is 0 Å². The predicted octanol–water partition coefficient (Wildman–Crippen LogP) is 3.36. The molecule has 1 aliphatic heterocycles. The number of carbonyl (C=O) groups excluding carboxylic acids is 2. The molecule has 0 atom stereocenters. The Hall–Kier alpha value is -2.14. The van der Waals surface area contributed by atoms with E-state index in [1.54, 1.807) is 17.9 Å². The molecule has 0 aliphatic carbocycles. The second-order valence-corrected chi connectivity index (χ2v) is 6.88. The van der Waals surface area contributed by atoms with Gasteiger partial charge in [-0.2, -0.15) is 0 Å². The maximum absolute atomic E-state index is 12.6. The monoisotopic (exact) mass is 372 g/mol. The van der Waals surface area contributed by atoms with Gasteiger partial charge in [-0.25, -0.2) is 0 Å². The molecule has 0 saturated carbocycles. The van der Waals surface area contributed by atoms with E-state index in [0.717, 1.165) is 24.9 Å². The fraction of sp³-hybridized carbons (Fsp3) is 0.545. The molecule has 1 aromatic carbocycles. The SMILES string of the molecule is CCOC(=O)CCN(CCCCN1CCCC1)C(=O)/C=C/c1ccccc1. The summed E-state index contributed by atoms with van der Waals surface area (Å²) in [7, 11) is 0. The highest BCUT2D eigenvalue weighted by Gasteiger charge is 2.14. The number of hydrogen-bond acceptors (Lipinski definition) is 4. The molecular weight excluding hydrogens is 340 g/mol. The van der Waals surface area contributed by atoms with Crippen LogP contribution in [0.25, 0.3) is 6.08 Å². The number of likely N-dealkylation sites (tertiary alicyclic amines) is 1. The first-order chi connectivity index (χ1) is 13.2. The summed E-state index contributed by atoms with van der Waals surface area (Å²) in [6.45, 7) is 6.74. The third kappa shape index (κ3) is 8.39. The molecule has 27 heavy (non-hydrogen) atoms. The van der Waals surface area contributed by atoms with Gasteiger partial charge in [0.05, 0.1) is 13.0 Å². The number of amides is 1. The van der Waals surface area contributed by atoms with Gasteiger partial charge < -0.3 is 14.5 Å². The highest BCUT2D eigenvalue weighted by molar-refractivity contribution is 5.92. The van der Waals surface area contributed by atoms with Crippen molar-refractivity contribution >= 4 is 18.0 Å². The average Bonchev–Trinajstić information content (AvgIpc) is 3.20. The van der Waals surface area contributed by atoms with Gasteiger partial charge in [0.1, 0.15) is 0 Å². The molecule has 1 saturated heterocycles. The largest absolute Gasteiger partial charge is 0.466 e. The average molecular weight is 373 g/mol. The number of unbranched alkanes of at least 4 members (excludes halogenated alkanes) is 1. The first kappa shape index (κ1) is 21.2. The van der Waals surface area contributed by atoms with Gasteiger partial charge in [0.15, 0.2) is 0 Å². The number of benzene rings is 1. The minimum atomic E-state index is -0.251. The van der Waals surface area contributed by atoms with Gasteiger partial charge in [-0.1, -0.05) is 30.3 Å². The highest BCUT2D eigenvalue weighted by Crippen LogP contribution is 2.09. The second-order valence-electron chi connectivity index (χ2n) is 6.88. The molecule has 1 fully saturated rings. The molecule has 0 unspecified atom stereocenters. The Morgan fingerprint density at radius 3 is 2.56 bits per heavy atom. The van der Waals surface area contributed by atoms with Crippen LogP contribution < -0.4 is 0 Å². The zero-order valence-corrected chi connectivity index (χ0v) is 16.4. The van der Waals surface area contributed by atoms with Crippen molar-refractivity contribution in [2.45, 2.75) is 39.0 Å². The van der Waals surface area contributed by atoms with E-state index in [1.807, 2.05) is 36.4 Å². The molecular formula is C22H32N2O3. The molecule has 148 valence electrons. The van der Waals surface area contributed by atoms with Crippen LogP contribution in [0.1, 0.15) is 44.6 Å². The van der Waals surface area contributed by atoms with Crippen molar-refractivity contribution in [1.29, 1.82) is 0 Å². The van der Waals surface area contributed by atoms with Crippen LogP contribution in [0.4, 0.5) is 0 Å². The second kappa shape index (κ2) is 12.3. The fourth-order valence-electron chi connectivity index (χ4n) is 3.27. The van der Waals surface area contributed by atoms with Gasteiger partial charge in [0.25, 0.3) is 0 Å². The van der Waals surface area contributed by atoms with Crippen LogP contribution in [0.15, 0.2) is 36.4 Å². The first-order valence-corrected chi connectivity index (χ1v) is 10.1. The van der Waals surface area contributed by atoms with Gasteiger partial charge in [0, 0.05) is 19.2 Å². The number of hydrogen-bond donors (Lipinski definition) is 0. The lowest BCUT2D eigenvalue weighted by molar-refractivity contribution is -0.143. The van der Waals surface area contributed by atoms with Crippen molar-refractivity contribution in [3.8, 4) is 0 Å². The van der Waals surface area contributed by atoms with E-state index in [2.05, 4.69) is 4.90 Å². The summed E-state index contributed by atoms with van der Waals surface area (Å²) in [6.07, 6.45) is 8.29. The van der Waals surface area contributed by atoms with E-state index in [-0.39, 0.29) is 18.3 Å². The molecule has 1 heterocycles. The van der Waals surface area contributed by atoms with Gasteiger partial charge >= 0.3 is 5.97 Å². The lowest BCUT2D eigenvalue weighted by atomic mass is 10.2. The Labute approximate surface area is 163 Å². The summed E-state index contributed by atoms with van der Waals surface area (Å²) in [5.74, 6) is -0.302. The number of nitrogens with zero attached hydrogens (tertiary/aromatic N) is 2. The Balaban J connectivity index is 1.83. The van der Waals surface area contributed by atoms with Gasteiger partial charge in [-0.15, -0.1) is 0 Å². The smallest absolute Gasteiger partial charge is 0.307 e. The summed E-state index contributed by atoms with van der Waals surface area (Å²) in [5.41, 5.74) is 0.991. The molecule has 5 heteroatoms. The zero-order chi connectivity index (χ0) is 19.3. The van der Waals surface area contributed by atoms with Crippen molar-refractivity contribution < 1.29 is 14.3 Å². The van der Waals surface area contributed by atoms with Crippen molar-refractivity contribution in [3.63, 3.8) is 0 Å². The van der Waals surface area contributed by atoms with E-state index in [4.69, 9.17) is 4.74 Å². The zero-order valence-electron chi connectivity index (χ0n) is 16.4. The van der Waals surface area contributed by atoms with Gasteiger partial charge in [0.2, 0.25) is 5.91 Å². The number of rotatable bonds is 11. The van der Waals surface area contributed by atoms with Crippen LogP contribution in [0.5, 0.6) is 0 Å². The van der Waals surface area contributed by atoms with E-state index in [1.165, 1.54) is 25.9 Å². The molecule has 1 aromatic rings. The number of ether oxygens (including phenoxy) is 1. The molecule has 0 N–H and O–H groups in total. The molecule has 1 amide bonds. The molecule has 1 aliphatic rings. The minimum absolute atomic E-state index is 0.0516. The Bertz CT molecular complexity index is 595. The van der Waals surface area contributed by atoms with Crippen LogP contribution >= 0.6 is 0 Å². The molecule has 0 radical (unpaired) electrons. The standard InChI is InChI=1S/C22H32N2O3/c1-2-27-22(26)14-19-24(18-9-8-17-23-15-6-7-16-23)21(25)13-12-20-10-4-3-5-11-20/h3-5,10-13H,2,6-9,14-19H2,1H3/b13-12+. The van der Waals surface area contributed by atoms with Crippen LogP contribution in [-0.2, 0) is 14.3 Å². The number of esters is 1. The molecule has 5 nitrogen and oxygen atoms in total. The van der Waals surface area contributed by atoms with Crippen molar-refractivity contribution in [2.75, 3.05) is 39.3 Å². The first-order valence-electron chi connectivity index (χ1n) is 10.1. The lowest BCUT2D eigenvalue weighted by Gasteiger charge is -2.22. The summed E-state index contributed by atoms with van der Waals surface area (Å²) in [6, 6.07) is 9.76. The summed E-state index contributed by atoms with van der Waals surface area (Å²) < 4.78 is 4.99. The van der Waals surface area contributed by atoms with Crippen molar-refractivity contribution in [2.24, 2.45) is 0 Å². The maximum Gasteiger partial charge on any atom is 0.307 e. The third-order valence-electron chi connectivity index (χ3n) is 4.77. The summed E-state index contributed by atoms with van der Waals surface area (Å²) >= 11 is 0. The molecule has 0 bridgehead atoms. The topological polar surface area (TPSA) is 49.9 Å². The molecule has 2 rings (SSSR count). The highest BCUT2D eigenvalue weighted by atomic mass is 16.5. The van der Waals surface area contributed by atoms with E-state index in [0.29, 0.717) is 19.7 Å². The third-order valence-corrected chi connectivity index (χ3v) is 4.77. The van der Waals surface area contributed by atoms with Gasteiger partial charge in [-0.05, 0) is 63.9 Å². The molecule has 0 spiro atoms. The Kier molecular flexibility index (Phi) is 9.63. The normalized spacial score (nSPS) is 14.6. The minimum Gasteiger partial charge on any atom is -0.466 e. The summed E-state index contributed by atoms with van der Waals surface area (Å²) in [4.78, 5) is 28.5. The van der Waals surface area contributed by atoms with Crippen molar-refractivity contribution in [3.05, 3.63) is 42.0 Å². The van der Waals surface area contributed by atoms with E-state index < -0.39 is 0 Å². The van der Waals surface area contributed by atoms with Crippen LogP contribution in [0.2, 0.25) is 0 Å². The predicted molar refractivity (Wildman–Crippen MR) is 108 cm³/mol. The molecule has 0 aromatic heterocycles. The lowest BCUT2D eigenvalue weighted by Crippen LogP contribution is -2.33. The Morgan fingerprint density at radius 1 is 1.11 bits per heavy atom. The fourth-order valence-corrected chi connectivity index (χ4v) is 3.27. The van der Waals surface area contributed by atoms with Crippen LogP contribution in [0, 0.1) is 0 Å². The van der Waals surface area contributed by atoms with E-state index in [9.17, 15) is 9.59 Å².